The van der Waals surface area contributed by atoms with Crippen LogP contribution in [0.4, 0.5) is 0 Å². The summed E-state index contributed by atoms with van der Waals surface area (Å²) in [6.07, 6.45) is 6.13. The van der Waals surface area contributed by atoms with Gasteiger partial charge in [0.1, 0.15) is 0 Å². The van der Waals surface area contributed by atoms with Crippen LogP contribution in [0, 0.1) is 5.41 Å². The highest BCUT2D eigenvalue weighted by Crippen LogP contribution is 2.27. The van der Waals surface area contributed by atoms with Gasteiger partial charge in [0.2, 0.25) is 0 Å². The molecule has 2 heteroatoms. The Hall–Kier alpha value is -0.820. The molecule has 2 atom stereocenters. The van der Waals surface area contributed by atoms with Crippen LogP contribution in [-0.2, 0) is 4.74 Å². The molecule has 90 valence electrons. The van der Waals surface area contributed by atoms with E-state index in [-0.39, 0.29) is 5.41 Å². The average Bonchev–Trinajstić information content (AvgIpc) is 2.65. The third kappa shape index (κ3) is 3.64. The van der Waals surface area contributed by atoms with Crippen molar-refractivity contribution in [2.24, 2.45) is 5.41 Å². The van der Waals surface area contributed by atoms with E-state index in [1.165, 1.54) is 5.57 Å². The summed E-state index contributed by atoms with van der Waals surface area (Å²) >= 11 is 0. The van der Waals surface area contributed by atoms with Crippen LogP contribution in [0.15, 0.2) is 29.5 Å². The fraction of sp³-hybridized carbons (Fsp3) is 0.643. The van der Waals surface area contributed by atoms with Gasteiger partial charge in [0.15, 0.2) is 0 Å². The maximum absolute atomic E-state index is 5.16. The van der Waals surface area contributed by atoms with Crippen LogP contribution in [0.25, 0.3) is 0 Å². The van der Waals surface area contributed by atoms with Crippen LogP contribution in [-0.4, -0.2) is 25.8 Å². The van der Waals surface area contributed by atoms with Gasteiger partial charge in [-0.15, -0.1) is 5.73 Å². The van der Waals surface area contributed by atoms with Gasteiger partial charge >= 0.3 is 0 Å². The maximum Gasteiger partial charge on any atom is 0.0613 e. The summed E-state index contributed by atoms with van der Waals surface area (Å²) < 4.78 is 5.16. The smallest absolute Gasteiger partial charge is 0.0613 e. The molecular formula is C14H23NO. The molecule has 0 bridgehead atoms. The summed E-state index contributed by atoms with van der Waals surface area (Å²) in [6, 6.07) is 0.658. The lowest BCUT2D eigenvalue weighted by Crippen LogP contribution is -2.47. The second-order valence-corrected chi connectivity index (χ2v) is 5.45. The van der Waals surface area contributed by atoms with Crippen molar-refractivity contribution in [3.8, 4) is 0 Å². The first-order valence-electron chi connectivity index (χ1n) is 5.83. The third-order valence-corrected chi connectivity index (χ3v) is 2.67. The van der Waals surface area contributed by atoms with Gasteiger partial charge in [0.05, 0.1) is 6.61 Å². The Kier molecular flexibility index (Phi) is 4.55. The van der Waals surface area contributed by atoms with Crippen molar-refractivity contribution >= 4 is 0 Å². The molecule has 2 unspecified atom stereocenters. The van der Waals surface area contributed by atoms with E-state index in [0.29, 0.717) is 12.1 Å². The molecular weight excluding hydrogens is 198 g/mol. The standard InChI is InChI=1S/C14H23NO/c1-11(10-16-5)15-13(14(2,3)4)12-8-6-7-9-12/h6-8,11,13,15H,10H2,1-5H3. The highest BCUT2D eigenvalue weighted by molar-refractivity contribution is 5.34. The highest BCUT2D eigenvalue weighted by atomic mass is 16.5. The molecule has 1 N–H and O–H groups in total. The predicted molar refractivity (Wildman–Crippen MR) is 68.5 cm³/mol. The molecule has 0 aromatic rings. The van der Waals surface area contributed by atoms with E-state index >= 15 is 0 Å². The van der Waals surface area contributed by atoms with Crippen molar-refractivity contribution in [2.45, 2.75) is 39.8 Å². The minimum Gasteiger partial charge on any atom is -0.383 e. The zero-order chi connectivity index (χ0) is 12.2. The fourth-order valence-electron chi connectivity index (χ4n) is 1.91. The molecule has 1 aliphatic rings. The minimum atomic E-state index is 0.173. The van der Waals surface area contributed by atoms with Crippen molar-refractivity contribution < 1.29 is 4.74 Å². The molecule has 0 fully saturated rings. The monoisotopic (exact) mass is 221 g/mol. The van der Waals surface area contributed by atoms with E-state index < -0.39 is 0 Å². The largest absolute Gasteiger partial charge is 0.383 e. The number of nitrogens with one attached hydrogen (secondary N) is 1. The SMILES string of the molecule is COCC(C)NC(C1=C=CC=C1)C(C)(C)C. The van der Waals surface area contributed by atoms with Gasteiger partial charge in [-0.1, -0.05) is 26.8 Å². The number of allylic oxidation sites excluding steroid dienone is 1. The van der Waals surface area contributed by atoms with E-state index in [1.807, 2.05) is 12.2 Å². The van der Waals surface area contributed by atoms with Crippen LogP contribution in [0.1, 0.15) is 27.7 Å². The first kappa shape index (κ1) is 13.2. The van der Waals surface area contributed by atoms with Gasteiger partial charge in [-0.05, 0) is 24.5 Å². The lowest BCUT2D eigenvalue weighted by Gasteiger charge is -2.34. The van der Waals surface area contributed by atoms with Gasteiger partial charge in [-0.2, -0.15) is 0 Å². The molecule has 0 aliphatic heterocycles. The van der Waals surface area contributed by atoms with E-state index in [9.17, 15) is 0 Å². The van der Waals surface area contributed by atoms with Gasteiger partial charge in [-0.3, -0.25) is 0 Å². The summed E-state index contributed by atoms with van der Waals surface area (Å²) in [7, 11) is 1.74. The van der Waals surface area contributed by atoms with E-state index in [0.717, 1.165) is 6.61 Å². The molecule has 0 saturated carbocycles. The van der Waals surface area contributed by atoms with Crippen molar-refractivity contribution in [3.05, 3.63) is 29.5 Å². The van der Waals surface area contributed by atoms with E-state index in [2.05, 4.69) is 44.8 Å². The van der Waals surface area contributed by atoms with Crippen molar-refractivity contribution in [1.29, 1.82) is 0 Å². The Balaban J connectivity index is 2.73. The quantitative estimate of drug-likeness (QED) is 0.721. The van der Waals surface area contributed by atoms with Crippen LogP contribution >= 0.6 is 0 Å². The van der Waals surface area contributed by atoms with Gasteiger partial charge in [0, 0.05) is 24.8 Å². The number of hydrogen-bond acceptors (Lipinski definition) is 2. The van der Waals surface area contributed by atoms with Gasteiger partial charge < -0.3 is 10.1 Å². The predicted octanol–water partition coefficient (Wildman–Crippen LogP) is 2.68. The summed E-state index contributed by atoms with van der Waals surface area (Å²) in [5.41, 5.74) is 4.69. The lowest BCUT2D eigenvalue weighted by atomic mass is 9.82. The molecule has 1 rings (SSSR count). The van der Waals surface area contributed by atoms with Crippen molar-refractivity contribution in [1.82, 2.24) is 5.32 Å². The molecule has 0 spiro atoms. The van der Waals surface area contributed by atoms with Crippen LogP contribution in [0.2, 0.25) is 0 Å². The molecule has 16 heavy (non-hydrogen) atoms. The number of ether oxygens (including phenoxy) is 1. The van der Waals surface area contributed by atoms with E-state index in [4.69, 9.17) is 4.74 Å². The molecule has 0 saturated heterocycles. The van der Waals surface area contributed by atoms with Crippen LogP contribution in [0.3, 0.4) is 0 Å². The Bertz CT molecular complexity index is 316. The molecule has 0 radical (unpaired) electrons. The van der Waals surface area contributed by atoms with Gasteiger partial charge in [0.25, 0.3) is 0 Å². The summed E-state index contributed by atoms with van der Waals surface area (Å²) in [5, 5.41) is 3.60. The van der Waals surface area contributed by atoms with E-state index in [1.54, 1.807) is 7.11 Å². The minimum absolute atomic E-state index is 0.173. The molecule has 1 aliphatic carbocycles. The maximum atomic E-state index is 5.16. The molecule has 0 heterocycles. The van der Waals surface area contributed by atoms with Crippen molar-refractivity contribution in [3.63, 3.8) is 0 Å². The second kappa shape index (κ2) is 5.49. The van der Waals surface area contributed by atoms with Gasteiger partial charge in [-0.25, -0.2) is 0 Å². The molecule has 2 nitrogen and oxygen atoms in total. The summed E-state index contributed by atoms with van der Waals surface area (Å²) in [4.78, 5) is 0. The lowest BCUT2D eigenvalue weighted by molar-refractivity contribution is 0.157. The Morgan fingerprint density at radius 3 is 2.56 bits per heavy atom. The first-order chi connectivity index (χ1) is 7.45. The normalized spacial score (nSPS) is 18.7. The second-order valence-electron chi connectivity index (χ2n) is 5.45. The van der Waals surface area contributed by atoms with Crippen LogP contribution < -0.4 is 5.32 Å². The highest BCUT2D eigenvalue weighted by Gasteiger charge is 2.28. The molecule has 0 aromatic carbocycles. The Morgan fingerprint density at radius 1 is 1.44 bits per heavy atom. The zero-order valence-corrected chi connectivity index (χ0v) is 11.0. The first-order valence-corrected chi connectivity index (χ1v) is 5.83. The zero-order valence-electron chi connectivity index (χ0n) is 11.0. The number of rotatable bonds is 5. The fourth-order valence-corrected chi connectivity index (χ4v) is 1.91. The summed E-state index contributed by atoms with van der Waals surface area (Å²) in [6.45, 7) is 9.60. The number of hydrogen-bond donors (Lipinski definition) is 1. The Morgan fingerprint density at radius 2 is 2.12 bits per heavy atom. The van der Waals surface area contributed by atoms with Crippen molar-refractivity contribution in [2.75, 3.05) is 13.7 Å². The topological polar surface area (TPSA) is 21.3 Å². The molecule has 0 amide bonds. The average molecular weight is 221 g/mol. The Labute approximate surface area is 99.1 Å². The van der Waals surface area contributed by atoms with Crippen LogP contribution in [0.5, 0.6) is 0 Å². The summed E-state index contributed by atoms with van der Waals surface area (Å²) in [5.74, 6) is 0. The third-order valence-electron chi connectivity index (χ3n) is 2.67. The number of methoxy groups -OCH3 is 1. The molecule has 0 aromatic heterocycles.